The van der Waals surface area contributed by atoms with E-state index in [0.717, 1.165) is 17.7 Å². The van der Waals surface area contributed by atoms with E-state index in [0.29, 0.717) is 23.0 Å². The molecule has 0 spiro atoms. The number of carbonyl (C=O) groups excluding carboxylic acids is 2. The molecule has 2 amide bonds. The molecule has 3 rings (SSSR count). The molecule has 1 aliphatic carbocycles. The van der Waals surface area contributed by atoms with Crippen LogP contribution in [-0.2, 0) is 4.79 Å². The highest BCUT2D eigenvalue weighted by Gasteiger charge is 2.27. The Balaban J connectivity index is 1.91. The maximum atomic E-state index is 13.6. The number of hydrogen-bond donors (Lipinski definition) is 1. The summed E-state index contributed by atoms with van der Waals surface area (Å²) in [5.74, 6) is -2.80. The highest BCUT2D eigenvalue weighted by Crippen LogP contribution is 2.29. The number of benzene rings is 1. The first kappa shape index (κ1) is 16.0. The lowest BCUT2D eigenvalue weighted by atomic mass is 9.85. The van der Waals surface area contributed by atoms with Crippen molar-refractivity contribution in [1.29, 1.82) is 0 Å². The number of amides is 2. The first-order valence-electron chi connectivity index (χ1n) is 7.33. The standard InChI is InChI=1S/C18H14F2N2O2/c1-9-10(2)17(23)22-16-8-12(4-6-13(9)16)21-18(24)14-5-3-11(19)7-15(14)20/h3-8,13H,1-2H3,(H,22,23). The highest BCUT2D eigenvalue weighted by molar-refractivity contribution is 6.14. The molecular weight excluding hydrogens is 314 g/mol. The Morgan fingerprint density at radius 3 is 2.71 bits per heavy atom. The van der Waals surface area contributed by atoms with Crippen LogP contribution in [-0.4, -0.2) is 17.5 Å². The summed E-state index contributed by atoms with van der Waals surface area (Å²) in [5, 5.41) is 2.76. The van der Waals surface area contributed by atoms with Gasteiger partial charge in [-0.1, -0.05) is 11.6 Å². The molecule has 6 heteroatoms. The summed E-state index contributed by atoms with van der Waals surface area (Å²) in [4.78, 5) is 27.8. The molecule has 122 valence electrons. The van der Waals surface area contributed by atoms with E-state index in [2.05, 4.69) is 10.3 Å². The van der Waals surface area contributed by atoms with Gasteiger partial charge in [-0.25, -0.2) is 13.8 Å². The second kappa shape index (κ2) is 5.96. The van der Waals surface area contributed by atoms with E-state index in [9.17, 15) is 18.4 Å². The minimum absolute atomic E-state index is 0.0701. The van der Waals surface area contributed by atoms with Gasteiger partial charge in [0.1, 0.15) is 11.6 Å². The number of halogens is 2. The summed E-state index contributed by atoms with van der Waals surface area (Å²) in [6, 6.07) is 2.69. The Morgan fingerprint density at radius 1 is 1.25 bits per heavy atom. The van der Waals surface area contributed by atoms with Gasteiger partial charge in [0.2, 0.25) is 0 Å². The van der Waals surface area contributed by atoms with Crippen molar-refractivity contribution >= 4 is 17.5 Å². The summed E-state index contributed by atoms with van der Waals surface area (Å²) in [6.45, 7) is 3.62. The van der Waals surface area contributed by atoms with Gasteiger partial charge < -0.3 is 5.32 Å². The summed E-state index contributed by atoms with van der Waals surface area (Å²) in [7, 11) is 0. The van der Waals surface area contributed by atoms with E-state index >= 15 is 0 Å². The van der Waals surface area contributed by atoms with Crippen LogP contribution in [0.2, 0.25) is 0 Å². The molecule has 4 nitrogen and oxygen atoms in total. The fourth-order valence-electron chi connectivity index (χ4n) is 2.63. The summed E-state index contributed by atoms with van der Waals surface area (Å²) in [6.07, 6.45) is 5.04. The summed E-state index contributed by atoms with van der Waals surface area (Å²) in [5.41, 5.74) is 2.19. The normalized spacial score (nSPS) is 21.5. The quantitative estimate of drug-likeness (QED) is 0.861. The van der Waals surface area contributed by atoms with Crippen molar-refractivity contribution in [2.75, 3.05) is 0 Å². The van der Waals surface area contributed by atoms with Crippen LogP contribution < -0.4 is 5.32 Å². The van der Waals surface area contributed by atoms with Crippen molar-refractivity contribution in [3.05, 3.63) is 70.5 Å². The first-order valence-corrected chi connectivity index (χ1v) is 7.33. The fourth-order valence-corrected chi connectivity index (χ4v) is 2.63. The van der Waals surface area contributed by atoms with Crippen LogP contribution in [0, 0.1) is 17.6 Å². The number of nitrogens with one attached hydrogen (secondary N) is 1. The zero-order valence-electron chi connectivity index (χ0n) is 13.1. The maximum absolute atomic E-state index is 13.6. The van der Waals surface area contributed by atoms with Gasteiger partial charge >= 0.3 is 0 Å². The lowest BCUT2D eigenvalue weighted by molar-refractivity contribution is -0.117. The minimum Gasteiger partial charge on any atom is -0.325 e. The third-order valence-electron chi connectivity index (χ3n) is 4.15. The Labute approximate surface area is 137 Å². The van der Waals surface area contributed by atoms with Crippen LogP contribution in [0.15, 0.2) is 58.3 Å². The molecule has 1 N–H and O–H groups in total. The molecule has 1 aliphatic heterocycles. The molecule has 1 aromatic rings. The van der Waals surface area contributed by atoms with Gasteiger partial charge in [0, 0.05) is 23.3 Å². The van der Waals surface area contributed by atoms with E-state index < -0.39 is 17.5 Å². The van der Waals surface area contributed by atoms with Crippen LogP contribution >= 0.6 is 0 Å². The average Bonchev–Trinajstić information content (AvgIpc) is 2.52. The lowest BCUT2D eigenvalue weighted by Crippen LogP contribution is -2.35. The van der Waals surface area contributed by atoms with E-state index in [1.54, 1.807) is 19.1 Å². The van der Waals surface area contributed by atoms with Crippen molar-refractivity contribution in [3.8, 4) is 0 Å². The van der Waals surface area contributed by atoms with Crippen molar-refractivity contribution in [3.63, 3.8) is 0 Å². The predicted octanol–water partition coefficient (Wildman–Crippen LogP) is 3.08. The maximum Gasteiger partial charge on any atom is 0.280 e. The summed E-state index contributed by atoms with van der Waals surface area (Å²) >= 11 is 0. The van der Waals surface area contributed by atoms with Gasteiger partial charge in [0.15, 0.2) is 0 Å². The number of carbonyl (C=O) groups is 2. The van der Waals surface area contributed by atoms with Gasteiger partial charge in [-0.2, -0.15) is 0 Å². The number of fused-ring (bicyclic) bond motifs is 1. The van der Waals surface area contributed by atoms with Gasteiger partial charge in [-0.3, -0.25) is 9.59 Å². The van der Waals surface area contributed by atoms with E-state index in [1.807, 2.05) is 13.0 Å². The average molecular weight is 328 g/mol. The summed E-state index contributed by atoms with van der Waals surface area (Å²) < 4.78 is 26.6. The molecule has 1 atom stereocenters. The van der Waals surface area contributed by atoms with Crippen LogP contribution in [0.25, 0.3) is 0 Å². The number of nitrogens with zero attached hydrogens (tertiary/aromatic N) is 1. The smallest absolute Gasteiger partial charge is 0.280 e. The molecule has 1 aromatic carbocycles. The zero-order valence-corrected chi connectivity index (χ0v) is 13.1. The number of hydrogen-bond acceptors (Lipinski definition) is 2. The Hall–Kier alpha value is -2.89. The largest absolute Gasteiger partial charge is 0.325 e. The molecule has 1 unspecified atom stereocenters. The monoisotopic (exact) mass is 328 g/mol. The molecule has 0 bridgehead atoms. The molecule has 24 heavy (non-hydrogen) atoms. The minimum atomic E-state index is -0.963. The van der Waals surface area contributed by atoms with Gasteiger partial charge in [-0.05, 0) is 38.1 Å². The Morgan fingerprint density at radius 2 is 2.00 bits per heavy atom. The van der Waals surface area contributed by atoms with Gasteiger partial charge in [0.25, 0.3) is 11.8 Å². The van der Waals surface area contributed by atoms with Gasteiger partial charge in [0.05, 0.1) is 11.3 Å². The number of aliphatic imine (C=N–C) groups is 1. The number of allylic oxidation sites excluding steroid dienone is 3. The van der Waals surface area contributed by atoms with Crippen LogP contribution in [0.3, 0.4) is 0 Å². The second-order valence-electron chi connectivity index (χ2n) is 5.66. The third-order valence-corrected chi connectivity index (χ3v) is 4.15. The van der Waals surface area contributed by atoms with Crippen LogP contribution in [0.4, 0.5) is 8.78 Å². The molecule has 2 aliphatic rings. The SMILES string of the molecule is CC1=C(C)C2C=CC(=NC(=O)c3ccc(F)cc3F)C=C2NC1=O. The van der Waals surface area contributed by atoms with Crippen molar-refractivity contribution in [2.24, 2.45) is 10.9 Å². The predicted molar refractivity (Wildman–Crippen MR) is 85.4 cm³/mol. The molecule has 0 saturated heterocycles. The molecule has 0 aromatic heterocycles. The van der Waals surface area contributed by atoms with Crippen LogP contribution in [0.5, 0.6) is 0 Å². The Kier molecular flexibility index (Phi) is 3.97. The molecule has 0 fully saturated rings. The van der Waals surface area contributed by atoms with Crippen LogP contribution in [0.1, 0.15) is 24.2 Å². The third kappa shape index (κ3) is 2.82. The molecule has 1 heterocycles. The van der Waals surface area contributed by atoms with Crippen molar-refractivity contribution < 1.29 is 18.4 Å². The molecule has 0 saturated carbocycles. The second-order valence-corrected chi connectivity index (χ2v) is 5.66. The zero-order chi connectivity index (χ0) is 17.4. The molecule has 0 radical (unpaired) electrons. The van der Waals surface area contributed by atoms with Gasteiger partial charge in [-0.15, -0.1) is 0 Å². The fraction of sp³-hybridized carbons (Fsp3) is 0.167. The number of rotatable bonds is 1. The van der Waals surface area contributed by atoms with Crippen molar-refractivity contribution in [1.82, 2.24) is 5.32 Å². The first-order chi connectivity index (χ1) is 11.4. The lowest BCUT2D eigenvalue weighted by Gasteiger charge is -2.28. The molecular formula is C18H14F2N2O2. The highest BCUT2D eigenvalue weighted by atomic mass is 19.1. The Bertz CT molecular complexity index is 879. The van der Waals surface area contributed by atoms with E-state index in [1.165, 1.54) is 0 Å². The van der Waals surface area contributed by atoms with E-state index in [4.69, 9.17) is 0 Å². The van der Waals surface area contributed by atoms with Crippen molar-refractivity contribution in [2.45, 2.75) is 13.8 Å². The topological polar surface area (TPSA) is 58.5 Å². The van der Waals surface area contributed by atoms with E-state index in [-0.39, 0.29) is 17.4 Å².